The summed E-state index contributed by atoms with van der Waals surface area (Å²) in [4.78, 5) is 7.20. The van der Waals surface area contributed by atoms with Gasteiger partial charge in [0.05, 0.1) is 15.1 Å². The number of piperidine rings is 3. The maximum absolute atomic E-state index is 13.9. The fourth-order valence-corrected chi connectivity index (χ4v) is 8.01. The molecule has 0 spiro atoms. The van der Waals surface area contributed by atoms with Gasteiger partial charge in [0.2, 0.25) is 0 Å². The zero-order chi connectivity index (χ0) is 36.0. The monoisotopic (exact) mass is 749 g/mol. The summed E-state index contributed by atoms with van der Waals surface area (Å²) in [5.74, 6) is 0.289. The minimum atomic E-state index is -0.240. The fourth-order valence-electron chi connectivity index (χ4n) is 7.46. The van der Waals surface area contributed by atoms with Gasteiger partial charge in [0, 0.05) is 6.54 Å². The highest BCUT2D eigenvalue weighted by Gasteiger charge is 2.25. The van der Waals surface area contributed by atoms with Crippen molar-refractivity contribution in [3.63, 3.8) is 0 Å². The van der Waals surface area contributed by atoms with Gasteiger partial charge in [0.1, 0.15) is 17.5 Å². The molecule has 0 amide bonds. The molecule has 3 heterocycles. The lowest BCUT2D eigenvalue weighted by atomic mass is 9.89. The molecule has 0 aliphatic carbocycles. The Bertz CT molecular complexity index is 1480. The molecule has 0 unspecified atom stereocenters. The SMILES string of the molecule is C=CCN1CCC(c2cccc(Cl)c2F)CC1.CCCN1CCC(c2cccc(Cl)c2F)CC1.CCN1CCC(c2cccc(Cl)c2F)CC1. The molecule has 3 saturated heterocycles. The summed E-state index contributed by atoms with van der Waals surface area (Å²) in [6, 6.07) is 16.0. The average Bonchev–Trinajstić information content (AvgIpc) is 3.14. The molecule has 50 heavy (non-hydrogen) atoms. The first-order valence-electron chi connectivity index (χ1n) is 18.3. The second-order valence-corrected chi connectivity index (χ2v) is 14.8. The van der Waals surface area contributed by atoms with E-state index >= 15 is 0 Å². The molecule has 6 rings (SSSR count). The van der Waals surface area contributed by atoms with E-state index < -0.39 is 0 Å². The molecule has 0 N–H and O–H groups in total. The third-order valence-corrected chi connectivity index (χ3v) is 11.3. The van der Waals surface area contributed by atoms with Crippen LogP contribution in [0.4, 0.5) is 13.2 Å². The number of benzene rings is 3. The van der Waals surface area contributed by atoms with E-state index in [1.54, 1.807) is 18.2 Å². The molecular formula is C41H53Cl3F3N3. The predicted octanol–water partition coefficient (Wildman–Crippen LogP) is 11.6. The number of nitrogens with zero attached hydrogens (tertiary/aromatic N) is 3. The summed E-state index contributed by atoms with van der Waals surface area (Å²) in [6.45, 7) is 17.5. The number of hydrogen-bond acceptors (Lipinski definition) is 3. The van der Waals surface area contributed by atoms with E-state index in [0.717, 1.165) is 114 Å². The first kappa shape index (κ1) is 40.7. The van der Waals surface area contributed by atoms with E-state index in [2.05, 4.69) is 35.1 Å². The second kappa shape index (κ2) is 20.8. The lowest BCUT2D eigenvalue weighted by Crippen LogP contribution is -2.33. The van der Waals surface area contributed by atoms with Crippen molar-refractivity contribution in [2.45, 2.75) is 76.5 Å². The minimum Gasteiger partial charge on any atom is -0.304 e. The molecule has 0 atom stereocenters. The van der Waals surface area contributed by atoms with Crippen LogP contribution in [0, 0.1) is 17.5 Å². The molecular weight excluding hydrogens is 698 g/mol. The molecule has 0 saturated carbocycles. The predicted molar refractivity (Wildman–Crippen MR) is 206 cm³/mol. The van der Waals surface area contributed by atoms with Crippen LogP contribution in [0.15, 0.2) is 67.3 Å². The molecule has 3 fully saturated rings. The van der Waals surface area contributed by atoms with Gasteiger partial charge in [-0.2, -0.15) is 0 Å². The highest BCUT2D eigenvalue weighted by atomic mass is 35.5. The topological polar surface area (TPSA) is 9.72 Å². The summed E-state index contributed by atoms with van der Waals surface area (Å²) in [7, 11) is 0. The van der Waals surface area contributed by atoms with Gasteiger partial charge in [-0.3, -0.25) is 4.90 Å². The van der Waals surface area contributed by atoms with Gasteiger partial charge < -0.3 is 9.80 Å². The Kier molecular flexibility index (Phi) is 17.0. The van der Waals surface area contributed by atoms with Gasteiger partial charge in [-0.25, -0.2) is 13.2 Å². The largest absolute Gasteiger partial charge is 0.304 e. The average molecular weight is 751 g/mol. The smallest absolute Gasteiger partial charge is 0.145 e. The Balaban J connectivity index is 0.000000169. The Morgan fingerprint density at radius 1 is 0.580 bits per heavy atom. The zero-order valence-corrected chi connectivity index (χ0v) is 31.9. The normalized spacial score (nSPS) is 18.6. The highest BCUT2D eigenvalue weighted by Crippen LogP contribution is 2.34. The van der Waals surface area contributed by atoms with Crippen LogP contribution < -0.4 is 0 Å². The number of likely N-dealkylation sites (tertiary alicyclic amines) is 3. The summed E-state index contributed by atoms with van der Waals surface area (Å²) < 4.78 is 41.6. The van der Waals surface area contributed by atoms with Gasteiger partial charge in [0.15, 0.2) is 0 Å². The summed E-state index contributed by atoms with van der Waals surface area (Å²) >= 11 is 17.4. The van der Waals surface area contributed by atoms with Gasteiger partial charge in [-0.05, 0) is 150 Å². The van der Waals surface area contributed by atoms with Crippen LogP contribution in [0.2, 0.25) is 15.1 Å². The molecule has 0 bridgehead atoms. The van der Waals surface area contributed by atoms with Gasteiger partial charge in [-0.15, -0.1) is 6.58 Å². The van der Waals surface area contributed by atoms with Gasteiger partial charge in [0.25, 0.3) is 0 Å². The molecule has 0 radical (unpaired) electrons. The van der Waals surface area contributed by atoms with Crippen molar-refractivity contribution < 1.29 is 13.2 Å². The van der Waals surface area contributed by atoms with Crippen molar-refractivity contribution in [3.8, 4) is 0 Å². The molecule has 274 valence electrons. The van der Waals surface area contributed by atoms with Crippen LogP contribution in [-0.4, -0.2) is 73.6 Å². The maximum Gasteiger partial charge on any atom is 0.145 e. The van der Waals surface area contributed by atoms with Gasteiger partial charge in [-0.1, -0.05) is 91.1 Å². The quantitative estimate of drug-likeness (QED) is 0.212. The molecule has 9 heteroatoms. The van der Waals surface area contributed by atoms with Crippen LogP contribution >= 0.6 is 34.8 Å². The van der Waals surface area contributed by atoms with E-state index in [9.17, 15) is 13.2 Å². The number of halogens is 6. The first-order chi connectivity index (χ1) is 24.2. The lowest BCUT2D eigenvalue weighted by Gasteiger charge is -2.32. The van der Waals surface area contributed by atoms with Crippen molar-refractivity contribution in [2.75, 3.05) is 58.9 Å². The van der Waals surface area contributed by atoms with Crippen molar-refractivity contribution in [2.24, 2.45) is 0 Å². The van der Waals surface area contributed by atoms with Crippen molar-refractivity contribution in [1.82, 2.24) is 14.7 Å². The third-order valence-electron chi connectivity index (χ3n) is 10.4. The molecule has 3 nitrogen and oxygen atoms in total. The highest BCUT2D eigenvalue weighted by molar-refractivity contribution is 6.31. The Hall–Kier alpha value is -2.06. The second-order valence-electron chi connectivity index (χ2n) is 13.6. The van der Waals surface area contributed by atoms with E-state index in [1.165, 1.54) is 6.42 Å². The van der Waals surface area contributed by atoms with Crippen LogP contribution in [0.5, 0.6) is 0 Å². The van der Waals surface area contributed by atoms with E-state index in [4.69, 9.17) is 34.8 Å². The summed E-state index contributed by atoms with van der Waals surface area (Å²) in [5.41, 5.74) is 2.37. The Morgan fingerprint density at radius 3 is 1.24 bits per heavy atom. The Morgan fingerprint density at radius 2 is 0.920 bits per heavy atom. The Labute approximate surface area is 313 Å². The molecule has 0 aromatic heterocycles. The minimum absolute atomic E-state index is 0.219. The van der Waals surface area contributed by atoms with Gasteiger partial charge >= 0.3 is 0 Å². The standard InChI is InChI=1S/C14H19ClFN.C14H17ClFN.C13H17ClFN/c2*1-2-8-17-9-6-11(7-10-17)12-4-3-5-13(15)14(12)16;1-2-16-8-6-10(7-9-16)11-4-3-5-12(14)13(11)15/h3-5,11H,2,6-10H2,1H3;2-5,11H,1,6-10H2;3-5,10H,2,6-9H2,1H3. The zero-order valence-electron chi connectivity index (χ0n) is 29.6. The van der Waals surface area contributed by atoms with E-state index in [-0.39, 0.29) is 32.5 Å². The van der Waals surface area contributed by atoms with Crippen molar-refractivity contribution in [3.05, 3.63) is 116 Å². The van der Waals surface area contributed by atoms with Crippen LogP contribution in [0.25, 0.3) is 0 Å². The molecule has 3 aliphatic rings. The maximum atomic E-state index is 13.9. The van der Waals surface area contributed by atoms with E-state index in [0.29, 0.717) is 17.8 Å². The van der Waals surface area contributed by atoms with Crippen molar-refractivity contribution >= 4 is 34.8 Å². The fraction of sp³-hybridized carbons (Fsp3) is 0.512. The van der Waals surface area contributed by atoms with Crippen LogP contribution in [0.1, 0.15) is 93.2 Å². The summed E-state index contributed by atoms with van der Waals surface area (Å²) in [5, 5.41) is 0.727. The summed E-state index contributed by atoms with van der Waals surface area (Å²) in [6.07, 6.45) is 9.23. The molecule has 3 aromatic carbocycles. The third kappa shape index (κ3) is 11.5. The van der Waals surface area contributed by atoms with Crippen molar-refractivity contribution in [1.29, 1.82) is 0 Å². The first-order valence-corrected chi connectivity index (χ1v) is 19.4. The van der Waals surface area contributed by atoms with Crippen LogP contribution in [0.3, 0.4) is 0 Å². The van der Waals surface area contributed by atoms with E-state index in [1.807, 2.05) is 42.5 Å². The number of rotatable bonds is 8. The lowest BCUT2D eigenvalue weighted by molar-refractivity contribution is 0.211. The van der Waals surface area contributed by atoms with Crippen LogP contribution in [-0.2, 0) is 0 Å². The molecule has 3 aliphatic heterocycles. The molecule has 3 aromatic rings. The number of hydrogen-bond donors (Lipinski definition) is 0.